The molecule has 4 heavy (non-hydrogen) atoms. The molecule has 4 heteroatoms. The van der Waals surface area contributed by atoms with E-state index >= 15 is 0 Å². The lowest BCUT2D eigenvalue weighted by molar-refractivity contribution is -0.00100. The van der Waals surface area contributed by atoms with E-state index in [1.54, 1.807) is 0 Å². The normalized spacial score (nSPS) is 0. The van der Waals surface area contributed by atoms with E-state index in [4.69, 9.17) is 0 Å². The molecular formula is H3ClF2P-3. The molecule has 0 rings (SSSR count). The smallest absolute Gasteiger partial charge is 0.153 e. The van der Waals surface area contributed by atoms with Crippen LogP contribution >= 0.6 is 9.90 Å². The minimum absolute atomic E-state index is 0. The van der Waals surface area contributed by atoms with Crippen LogP contribution in [0.4, 0.5) is 0 Å². The van der Waals surface area contributed by atoms with Crippen LogP contribution < -0.4 is 21.8 Å². The second kappa shape index (κ2) is 70.8. The van der Waals surface area contributed by atoms with Crippen molar-refractivity contribution in [2.75, 3.05) is 0 Å². The van der Waals surface area contributed by atoms with E-state index in [9.17, 15) is 0 Å². The zero-order valence-electron chi connectivity index (χ0n) is 1.84. The predicted molar refractivity (Wildman–Crippen MR) is 11.1 cm³/mol. The van der Waals surface area contributed by atoms with Gasteiger partial charge in [-0.1, -0.05) is 0 Å². The lowest BCUT2D eigenvalue weighted by Crippen LogP contribution is -3.00. The fourth-order valence-corrected chi connectivity index (χ4v) is 0. The van der Waals surface area contributed by atoms with Gasteiger partial charge in [0.1, 0.15) is 0 Å². The fourth-order valence-electron chi connectivity index (χ4n) is 0. The summed E-state index contributed by atoms with van der Waals surface area (Å²) in [6.07, 6.45) is 0. The molecule has 0 aromatic rings. The highest BCUT2D eigenvalue weighted by Gasteiger charge is -0.153. The third-order valence-electron chi connectivity index (χ3n) is 0. The van der Waals surface area contributed by atoms with Crippen LogP contribution in [0.3, 0.4) is 0 Å². The molecule has 0 saturated carbocycles. The third kappa shape index (κ3) is 19.1. The van der Waals surface area contributed by atoms with Gasteiger partial charge in [0.25, 0.3) is 0 Å². The lowest BCUT2D eigenvalue weighted by atomic mass is 19.0. The largest absolute Gasteiger partial charge is 1.00 e. The quantitative estimate of drug-likeness (QED) is 0.270. The van der Waals surface area contributed by atoms with Gasteiger partial charge in [0, 0.05) is 0 Å². The Morgan fingerprint density at radius 1 is 0.750 bits per heavy atom. The van der Waals surface area contributed by atoms with Crippen molar-refractivity contribution >= 4 is 9.90 Å². The summed E-state index contributed by atoms with van der Waals surface area (Å²) >= 11 is 0. The Balaban J connectivity index is 0. The van der Waals surface area contributed by atoms with E-state index in [1.165, 1.54) is 0 Å². The van der Waals surface area contributed by atoms with Crippen LogP contribution in [-0.2, 0) is 0 Å². The molecule has 0 amide bonds. The second-order valence-corrected chi connectivity index (χ2v) is 0. The highest BCUT2D eigenvalue weighted by molar-refractivity contribution is 6.92. The van der Waals surface area contributed by atoms with Crippen molar-refractivity contribution < 1.29 is 21.8 Å². The minimum atomic E-state index is 0. The van der Waals surface area contributed by atoms with Crippen LogP contribution in [0.2, 0.25) is 0 Å². The van der Waals surface area contributed by atoms with Crippen molar-refractivity contribution in [2.45, 2.75) is 0 Å². The van der Waals surface area contributed by atoms with Gasteiger partial charge >= 0.3 is 0 Å². The minimum Gasteiger partial charge on any atom is -1.00 e. The Kier molecular flexibility index (Phi) is 3090. The molecule has 0 aliphatic heterocycles. The van der Waals surface area contributed by atoms with Gasteiger partial charge in [-0.2, -0.15) is 9.90 Å². The Bertz CT molecular complexity index is 6.00. The molecule has 0 N–H and O–H groups in total. The second-order valence-electron chi connectivity index (χ2n) is 0. The monoisotopic (exact) mass is 107 g/mol. The van der Waals surface area contributed by atoms with Crippen molar-refractivity contribution in [3.63, 3.8) is 0 Å². The maximum atomic E-state index is 0. The summed E-state index contributed by atoms with van der Waals surface area (Å²) in [5.41, 5.74) is 0. The molecule has 0 heterocycles. The van der Waals surface area contributed by atoms with Gasteiger partial charge in [0.05, 0.1) is 0 Å². The third-order valence-corrected chi connectivity index (χ3v) is 0. The summed E-state index contributed by atoms with van der Waals surface area (Å²) in [5, 5.41) is 0. The van der Waals surface area contributed by atoms with Gasteiger partial charge in [0.2, 0.25) is 0 Å². The van der Waals surface area contributed by atoms with Gasteiger partial charge in [-0.05, 0) is 0 Å². The molecule has 0 saturated heterocycles. The lowest BCUT2D eigenvalue weighted by Gasteiger charge is -1.00. The highest BCUT2D eigenvalue weighted by atomic mass is 35.5. The van der Waals surface area contributed by atoms with Crippen molar-refractivity contribution in [3.8, 4) is 0 Å². The Hall–Kier alpha value is 0.580. The molecule has 0 radical (unpaired) electrons. The predicted octanol–water partition coefficient (Wildman–Crippen LogP) is -8.93. The molecule has 0 spiro atoms. The van der Waals surface area contributed by atoms with E-state index < -0.39 is 0 Å². The molecule has 0 nitrogen and oxygen atoms in total. The van der Waals surface area contributed by atoms with E-state index in [1.807, 2.05) is 0 Å². The van der Waals surface area contributed by atoms with Crippen LogP contribution in [0.1, 0.15) is 0 Å². The first-order valence-corrected chi connectivity index (χ1v) is 0. The van der Waals surface area contributed by atoms with Crippen LogP contribution in [0.25, 0.3) is 0 Å². The summed E-state index contributed by atoms with van der Waals surface area (Å²) in [7, 11) is 0. The Morgan fingerprint density at radius 3 is 0.750 bits per heavy atom. The molecule has 0 aromatic heterocycles. The first kappa shape index (κ1) is 174. The number of rotatable bonds is 0. The summed E-state index contributed by atoms with van der Waals surface area (Å²) in [6, 6.07) is 0. The van der Waals surface area contributed by atoms with Crippen LogP contribution in [0.5, 0.6) is 0 Å². The standard InChI is InChI=1S/ClH.2FH.H3P/h3*1H;1H3/p-3. The van der Waals surface area contributed by atoms with Crippen molar-refractivity contribution in [2.24, 2.45) is 0 Å². The van der Waals surface area contributed by atoms with E-state index in [-0.39, 0.29) is 31.7 Å². The van der Waals surface area contributed by atoms with Gasteiger partial charge < -0.3 is 21.8 Å². The Morgan fingerprint density at radius 2 is 0.750 bits per heavy atom. The molecule has 0 aromatic carbocycles. The number of hydrogen-bond acceptors (Lipinski definition) is 0. The van der Waals surface area contributed by atoms with Crippen LogP contribution in [0.15, 0.2) is 0 Å². The molecule has 1 atom stereocenters. The van der Waals surface area contributed by atoms with Crippen molar-refractivity contribution in [1.82, 2.24) is 0 Å². The van der Waals surface area contributed by atoms with Gasteiger partial charge in [0.15, 0.2) is 0 Å². The van der Waals surface area contributed by atoms with Crippen molar-refractivity contribution in [3.05, 3.63) is 0 Å². The summed E-state index contributed by atoms with van der Waals surface area (Å²) in [6.45, 7) is 0. The number of hydrogen-bond donors (Lipinski definition) is 0. The molecular weight excluding hydrogens is 104 g/mol. The molecule has 1 unspecified atom stereocenters. The molecule has 0 aliphatic rings. The maximum Gasteiger partial charge on any atom is -0.153 e. The SMILES string of the molecule is P.[Cl-].[F-].[F-]. The highest BCUT2D eigenvalue weighted by Crippen LogP contribution is 0.861. The van der Waals surface area contributed by atoms with Gasteiger partial charge in [-0.15, -0.1) is 0 Å². The summed E-state index contributed by atoms with van der Waals surface area (Å²) < 4.78 is 0. The van der Waals surface area contributed by atoms with Crippen LogP contribution in [0, 0.1) is 0 Å². The average molecular weight is 107 g/mol. The van der Waals surface area contributed by atoms with Crippen LogP contribution in [-0.4, -0.2) is 0 Å². The molecule has 32 valence electrons. The fraction of sp³-hybridized carbons (Fsp3) is 0. The topological polar surface area (TPSA) is 0 Å². The maximum absolute atomic E-state index is 0. The average Bonchev–Trinajstić information content (AvgIpc) is 0. The summed E-state index contributed by atoms with van der Waals surface area (Å²) in [5.74, 6) is 0. The first-order valence-electron chi connectivity index (χ1n) is 0. The zero-order valence-corrected chi connectivity index (χ0v) is 4.01. The molecule has 0 bridgehead atoms. The van der Waals surface area contributed by atoms with Crippen molar-refractivity contribution in [1.29, 1.82) is 0 Å². The van der Waals surface area contributed by atoms with E-state index in [2.05, 4.69) is 0 Å². The Labute approximate surface area is 32.7 Å². The van der Waals surface area contributed by atoms with Gasteiger partial charge in [-0.3, -0.25) is 0 Å². The first-order chi connectivity index (χ1) is 0. The molecule has 0 aliphatic carbocycles. The zero-order chi connectivity index (χ0) is 0. The summed E-state index contributed by atoms with van der Waals surface area (Å²) in [4.78, 5) is 0. The number of halogens is 3. The van der Waals surface area contributed by atoms with Gasteiger partial charge in [-0.25, -0.2) is 0 Å². The van der Waals surface area contributed by atoms with E-state index in [0.29, 0.717) is 0 Å². The molecule has 0 fully saturated rings. The van der Waals surface area contributed by atoms with E-state index in [0.717, 1.165) is 0 Å².